The fourth-order valence-corrected chi connectivity index (χ4v) is 5.36. The Balaban J connectivity index is 2.68. The molecule has 2 N–H and O–H groups in total. The van der Waals surface area contributed by atoms with E-state index in [0.29, 0.717) is 17.5 Å². The molecule has 0 radical (unpaired) electrons. The summed E-state index contributed by atoms with van der Waals surface area (Å²) in [5.74, 6) is 0.676. The predicted molar refractivity (Wildman–Crippen MR) is 194 cm³/mol. The summed E-state index contributed by atoms with van der Waals surface area (Å²) in [6.07, 6.45) is 9.89. The maximum atomic E-state index is 14.7. The summed E-state index contributed by atoms with van der Waals surface area (Å²) in [6, 6.07) is 13.0. The third-order valence-corrected chi connectivity index (χ3v) is 7.65. The van der Waals surface area contributed by atoms with Crippen LogP contribution in [0.4, 0.5) is 4.79 Å². The van der Waals surface area contributed by atoms with Gasteiger partial charge < -0.3 is 25.0 Å². The van der Waals surface area contributed by atoms with E-state index >= 15 is 0 Å². The quantitative estimate of drug-likeness (QED) is 0.111. The number of alkyl carbamates (subject to hydrolysis) is 1. The van der Waals surface area contributed by atoms with E-state index in [-0.39, 0.29) is 18.9 Å². The van der Waals surface area contributed by atoms with Crippen molar-refractivity contribution in [2.24, 2.45) is 5.92 Å². The van der Waals surface area contributed by atoms with E-state index in [1.807, 2.05) is 44.2 Å². The molecule has 3 amide bonds. The van der Waals surface area contributed by atoms with E-state index in [9.17, 15) is 19.2 Å². The lowest BCUT2D eigenvalue weighted by atomic mass is 9.95. The van der Waals surface area contributed by atoms with E-state index in [0.717, 1.165) is 31.2 Å². The van der Waals surface area contributed by atoms with Gasteiger partial charge in [-0.15, -0.1) is 6.42 Å². The van der Waals surface area contributed by atoms with E-state index in [1.165, 1.54) is 4.90 Å². The highest BCUT2D eigenvalue weighted by Gasteiger charge is 2.39. The number of benzene rings is 2. The van der Waals surface area contributed by atoms with Crippen molar-refractivity contribution in [3.05, 3.63) is 71.3 Å². The molecular weight excluding hydrogens is 618 g/mol. The molecule has 2 aromatic carbocycles. The average molecular weight is 676 g/mol. The molecule has 0 aliphatic carbocycles. The second-order valence-electron chi connectivity index (χ2n) is 14.7. The average Bonchev–Trinajstić information content (AvgIpc) is 3.01. The Morgan fingerprint density at radius 2 is 1.41 bits per heavy atom. The highest BCUT2D eigenvalue weighted by molar-refractivity contribution is 5.94. The number of esters is 1. The molecular formula is C40H57N3O6. The van der Waals surface area contributed by atoms with Crippen molar-refractivity contribution < 1.29 is 28.7 Å². The normalized spacial score (nSPS) is 13.4. The fraction of sp³-hybridized carbons (Fsp3) is 0.550. The number of nitrogens with one attached hydrogen (secondary N) is 2. The number of terminal acetylenes is 1. The highest BCUT2D eigenvalue weighted by Crippen LogP contribution is 2.28. The molecule has 49 heavy (non-hydrogen) atoms. The van der Waals surface area contributed by atoms with Crippen LogP contribution in [-0.2, 0) is 30.3 Å². The molecule has 9 heteroatoms. The van der Waals surface area contributed by atoms with Crippen molar-refractivity contribution in [2.75, 3.05) is 6.54 Å². The number of hydrogen-bond donors (Lipinski definition) is 2. The van der Waals surface area contributed by atoms with Gasteiger partial charge in [0, 0.05) is 18.5 Å². The van der Waals surface area contributed by atoms with Gasteiger partial charge in [-0.05, 0) is 71.1 Å². The topological polar surface area (TPSA) is 114 Å². The molecule has 3 atom stereocenters. The molecule has 0 spiro atoms. The van der Waals surface area contributed by atoms with Gasteiger partial charge in [-0.3, -0.25) is 9.59 Å². The van der Waals surface area contributed by atoms with E-state index < -0.39 is 53.2 Å². The molecule has 3 unspecified atom stereocenters. The zero-order chi connectivity index (χ0) is 36.8. The number of unbranched alkanes of at least 4 members (excludes halogenated alkanes) is 4. The van der Waals surface area contributed by atoms with Crippen LogP contribution >= 0.6 is 0 Å². The summed E-state index contributed by atoms with van der Waals surface area (Å²) in [4.78, 5) is 57.4. The summed E-state index contributed by atoms with van der Waals surface area (Å²) in [5, 5.41) is 5.69. The molecule has 2 rings (SSSR count). The molecule has 268 valence electrons. The summed E-state index contributed by atoms with van der Waals surface area (Å²) < 4.78 is 11.2. The molecule has 2 aromatic rings. The van der Waals surface area contributed by atoms with Crippen molar-refractivity contribution in [2.45, 2.75) is 130 Å². The standard InChI is InChI=1S/C40H57N3O6/c1-11-13-14-15-21-26-43(36(45)33(28(3)4)42-38(47)49-40(8,9)10)34(31-25-20-19-24-30(31)12-2)35(44)41-32(37(46)48-39(5,6)7)27-29-22-17-16-18-23-29/h2,16-20,22-25,28,32-34H,11,13-15,21,26-27H2,1,3-10H3,(H,41,44)(H,42,47). The van der Waals surface area contributed by atoms with Crippen LogP contribution in [0, 0.1) is 18.3 Å². The maximum absolute atomic E-state index is 14.7. The number of carbonyl (C=O) groups is 4. The molecule has 9 nitrogen and oxygen atoms in total. The largest absolute Gasteiger partial charge is 0.458 e. The number of carbonyl (C=O) groups excluding carboxylic acids is 4. The van der Waals surface area contributed by atoms with Crippen LogP contribution in [-0.4, -0.2) is 58.6 Å². The van der Waals surface area contributed by atoms with E-state index in [1.54, 1.807) is 65.8 Å². The molecule has 0 bridgehead atoms. The van der Waals surface area contributed by atoms with Gasteiger partial charge in [-0.1, -0.05) is 101 Å². The lowest BCUT2D eigenvalue weighted by Crippen LogP contribution is -2.56. The molecule has 0 aromatic heterocycles. The van der Waals surface area contributed by atoms with Crippen LogP contribution in [0.1, 0.15) is 117 Å². The molecule has 0 aliphatic heterocycles. The SMILES string of the molecule is C#Cc1ccccc1C(C(=O)NC(Cc1ccccc1)C(=O)OC(C)(C)C)N(CCCCCCC)C(=O)C(NC(=O)OC(C)(C)C)C(C)C. The van der Waals surface area contributed by atoms with Crippen molar-refractivity contribution in [1.82, 2.24) is 15.5 Å². The smallest absolute Gasteiger partial charge is 0.408 e. The minimum absolute atomic E-state index is 0.171. The van der Waals surface area contributed by atoms with Gasteiger partial charge in [-0.2, -0.15) is 0 Å². The highest BCUT2D eigenvalue weighted by atomic mass is 16.6. The minimum Gasteiger partial charge on any atom is -0.458 e. The summed E-state index contributed by atoms with van der Waals surface area (Å²) in [5.41, 5.74) is 0.114. The third kappa shape index (κ3) is 14.0. The number of nitrogens with zero attached hydrogens (tertiary/aromatic N) is 1. The summed E-state index contributed by atoms with van der Waals surface area (Å²) in [7, 11) is 0. The summed E-state index contributed by atoms with van der Waals surface area (Å²) >= 11 is 0. The Labute approximate surface area is 293 Å². The second kappa shape index (κ2) is 19.0. The lowest BCUT2D eigenvalue weighted by Gasteiger charge is -2.36. The maximum Gasteiger partial charge on any atom is 0.408 e. The van der Waals surface area contributed by atoms with Crippen LogP contribution in [0.15, 0.2) is 54.6 Å². The number of amides is 3. The van der Waals surface area contributed by atoms with Gasteiger partial charge in [0.05, 0.1) is 0 Å². The van der Waals surface area contributed by atoms with Gasteiger partial charge in [0.25, 0.3) is 0 Å². The number of ether oxygens (including phenoxy) is 2. The Bertz CT molecular complexity index is 1420. The Morgan fingerprint density at radius 1 is 0.816 bits per heavy atom. The Hall–Kier alpha value is -4.32. The first-order valence-electron chi connectivity index (χ1n) is 17.4. The third-order valence-electron chi connectivity index (χ3n) is 7.65. The van der Waals surface area contributed by atoms with Crippen molar-refractivity contribution in [3.8, 4) is 12.3 Å². The molecule has 0 saturated heterocycles. The van der Waals surface area contributed by atoms with Crippen molar-refractivity contribution >= 4 is 23.9 Å². The monoisotopic (exact) mass is 675 g/mol. The number of hydrogen-bond acceptors (Lipinski definition) is 6. The van der Waals surface area contributed by atoms with Crippen LogP contribution in [0.25, 0.3) is 0 Å². The van der Waals surface area contributed by atoms with E-state index in [2.05, 4.69) is 23.5 Å². The Morgan fingerprint density at radius 3 is 1.98 bits per heavy atom. The Kier molecular flexibility index (Phi) is 15.9. The van der Waals surface area contributed by atoms with Crippen molar-refractivity contribution in [1.29, 1.82) is 0 Å². The van der Waals surface area contributed by atoms with Gasteiger partial charge >= 0.3 is 12.1 Å². The second-order valence-corrected chi connectivity index (χ2v) is 14.7. The molecule has 0 saturated carbocycles. The molecule has 0 heterocycles. The minimum atomic E-state index is -1.21. The van der Waals surface area contributed by atoms with Gasteiger partial charge in [-0.25, -0.2) is 9.59 Å². The zero-order valence-corrected chi connectivity index (χ0v) is 30.9. The first-order chi connectivity index (χ1) is 23.0. The van der Waals surface area contributed by atoms with Gasteiger partial charge in [0.15, 0.2) is 0 Å². The summed E-state index contributed by atoms with van der Waals surface area (Å²) in [6.45, 7) is 16.5. The van der Waals surface area contributed by atoms with E-state index in [4.69, 9.17) is 15.9 Å². The zero-order valence-electron chi connectivity index (χ0n) is 30.9. The van der Waals surface area contributed by atoms with Gasteiger partial charge in [0.1, 0.15) is 29.3 Å². The van der Waals surface area contributed by atoms with Crippen molar-refractivity contribution in [3.63, 3.8) is 0 Å². The molecule has 0 fully saturated rings. The van der Waals surface area contributed by atoms with Crippen LogP contribution in [0.2, 0.25) is 0 Å². The van der Waals surface area contributed by atoms with Crippen LogP contribution < -0.4 is 10.6 Å². The first kappa shape index (κ1) is 40.9. The lowest BCUT2D eigenvalue weighted by molar-refractivity contribution is -0.159. The van der Waals surface area contributed by atoms with Crippen LogP contribution in [0.5, 0.6) is 0 Å². The fourth-order valence-electron chi connectivity index (χ4n) is 5.36. The van der Waals surface area contributed by atoms with Gasteiger partial charge in [0.2, 0.25) is 11.8 Å². The molecule has 0 aliphatic rings. The predicted octanol–water partition coefficient (Wildman–Crippen LogP) is 7.13. The van der Waals surface area contributed by atoms with Crippen LogP contribution in [0.3, 0.4) is 0 Å². The first-order valence-corrected chi connectivity index (χ1v) is 17.4. The number of rotatable bonds is 16.